The van der Waals surface area contributed by atoms with Crippen molar-refractivity contribution in [3.63, 3.8) is 0 Å². The number of carbonyl (C=O) groups is 1. The fourth-order valence-corrected chi connectivity index (χ4v) is 9.07. The molecule has 0 radical (unpaired) electrons. The van der Waals surface area contributed by atoms with Crippen LogP contribution in [-0.4, -0.2) is 78.7 Å². The molecule has 9 rings (SSSR count). The van der Waals surface area contributed by atoms with Crippen molar-refractivity contribution in [2.24, 2.45) is 0 Å². The van der Waals surface area contributed by atoms with Gasteiger partial charge in [-0.2, -0.15) is 0 Å². The Hall–Kier alpha value is -6.53. The summed E-state index contributed by atoms with van der Waals surface area (Å²) in [4.78, 5) is 27.0. The standard InChI is InChI=1S/C44H42N6O10S/c1-25-8-18-30(19-9-25)61(52,53)31-21-32(36-34(22-31)57-44(60-36,26-10-14-28(54-4)15-11-26)27-12-16-29(55-5)17-13-27)41(51)46-20-6-7-33-37-38(59-43(2,3)58-37)42(56-33)50-24-49-35-39(45)47-23-48-40(35)50/h6-19,21-24,33,37-38,42H,20H2,1-5H3,(H,46,51)(H2,45,47,48)/b7-6+/t33-,37?,38+,42-/m1/s1. The van der Waals surface area contributed by atoms with Crippen molar-refractivity contribution in [3.05, 3.63) is 132 Å². The van der Waals surface area contributed by atoms with Crippen molar-refractivity contribution in [1.29, 1.82) is 0 Å². The number of benzene rings is 4. The summed E-state index contributed by atoms with van der Waals surface area (Å²) in [6.45, 7) is 5.54. The number of rotatable bonds is 11. The van der Waals surface area contributed by atoms with Crippen LogP contribution in [0.3, 0.4) is 0 Å². The number of aromatic nitrogens is 4. The molecule has 0 aliphatic carbocycles. The molecule has 3 aliphatic heterocycles. The summed E-state index contributed by atoms with van der Waals surface area (Å²) in [7, 11) is -1.02. The van der Waals surface area contributed by atoms with Crippen molar-refractivity contribution in [3.8, 4) is 23.0 Å². The van der Waals surface area contributed by atoms with Gasteiger partial charge >= 0.3 is 5.79 Å². The van der Waals surface area contributed by atoms with Crippen LogP contribution in [-0.2, 0) is 29.8 Å². The lowest BCUT2D eigenvalue weighted by Crippen LogP contribution is -2.37. The molecule has 4 atom stereocenters. The number of carbonyl (C=O) groups excluding carboxylic acids is 1. The highest BCUT2D eigenvalue weighted by Gasteiger charge is 2.55. The van der Waals surface area contributed by atoms with Gasteiger partial charge in [0.15, 0.2) is 35.0 Å². The molecule has 4 aromatic carbocycles. The van der Waals surface area contributed by atoms with Crippen molar-refractivity contribution in [2.45, 2.75) is 66.7 Å². The van der Waals surface area contributed by atoms with E-state index in [9.17, 15) is 13.2 Å². The normalized spacial score (nSPS) is 21.1. The van der Waals surface area contributed by atoms with E-state index in [4.69, 9.17) is 38.9 Å². The van der Waals surface area contributed by atoms with E-state index in [1.165, 1.54) is 30.6 Å². The summed E-state index contributed by atoms with van der Waals surface area (Å²) in [5.41, 5.74) is 8.91. The Labute approximate surface area is 351 Å². The molecule has 2 aromatic heterocycles. The molecule has 0 bridgehead atoms. The molecule has 3 N–H and O–H groups in total. The van der Waals surface area contributed by atoms with E-state index in [2.05, 4.69) is 20.3 Å². The molecule has 1 amide bonds. The number of aryl methyl sites for hydroxylation is 1. The van der Waals surface area contributed by atoms with Crippen molar-refractivity contribution < 1.29 is 46.4 Å². The predicted octanol–water partition coefficient (Wildman–Crippen LogP) is 5.64. The van der Waals surface area contributed by atoms with Crippen LogP contribution in [0.1, 0.15) is 47.1 Å². The molecule has 16 nitrogen and oxygen atoms in total. The van der Waals surface area contributed by atoms with Gasteiger partial charge in [0.2, 0.25) is 9.84 Å². The summed E-state index contributed by atoms with van der Waals surface area (Å²) in [5, 5.41) is 2.90. The Bertz CT molecular complexity index is 2730. The van der Waals surface area contributed by atoms with Gasteiger partial charge in [-0.1, -0.05) is 29.8 Å². The zero-order valence-electron chi connectivity index (χ0n) is 33.8. The van der Waals surface area contributed by atoms with Crippen LogP contribution in [0.2, 0.25) is 0 Å². The number of methoxy groups -OCH3 is 2. The third kappa shape index (κ3) is 7.08. The Balaban J connectivity index is 1.04. The topological polar surface area (TPSA) is 197 Å². The minimum atomic E-state index is -4.14. The van der Waals surface area contributed by atoms with E-state index in [0.29, 0.717) is 33.8 Å². The number of nitrogens with one attached hydrogen (secondary N) is 1. The first kappa shape index (κ1) is 39.9. The molecule has 17 heteroatoms. The van der Waals surface area contributed by atoms with Gasteiger partial charge in [-0.25, -0.2) is 23.4 Å². The minimum Gasteiger partial charge on any atom is -0.497 e. The highest BCUT2D eigenvalue weighted by atomic mass is 32.2. The summed E-state index contributed by atoms with van der Waals surface area (Å²) < 4.78 is 73.4. The van der Waals surface area contributed by atoms with E-state index in [1.807, 2.05) is 20.8 Å². The Morgan fingerprint density at radius 2 is 1.52 bits per heavy atom. The van der Waals surface area contributed by atoms with E-state index in [-0.39, 0.29) is 39.2 Å². The van der Waals surface area contributed by atoms with Gasteiger partial charge in [0, 0.05) is 23.7 Å². The van der Waals surface area contributed by atoms with E-state index in [0.717, 1.165) is 5.56 Å². The van der Waals surface area contributed by atoms with Gasteiger partial charge in [0.25, 0.3) is 5.91 Å². The highest BCUT2D eigenvalue weighted by molar-refractivity contribution is 7.91. The van der Waals surface area contributed by atoms with Crippen LogP contribution in [0, 0.1) is 6.92 Å². The number of hydrogen-bond donors (Lipinski definition) is 2. The fraction of sp³-hybridized carbons (Fsp3) is 0.273. The molecule has 3 aliphatic rings. The van der Waals surface area contributed by atoms with Crippen molar-refractivity contribution in [2.75, 3.05) is 26.5 Å². The number of nitrogens with zero attached hydrogens (tertiary/aromatic N) is 4. The molecular formula is C44H42N6O10S. The summed E-state index contributed by atoms with van der Waals surface area (Å²) in [6.07, 6.45) is 4.16. The van der Waals surface area contributed by atoms with Crippen molar-refractivity contribution >= 4 is 32.7 Å². The Morgan fingerprint density at radius 3 is 2.18 bits per heavy atom. The van der Waals surface area contributed by atoms with Crippen LogP contribution in [0.15, 0.2) is 120 Å². The highest BCUT2D eigenvalue weighted by Crippen LogP contribution is 2.51. The zero-order chi connectivity index (χ0) is 42.7. The lowest BCUT2D eigenvalue weighted by molar-refractivity contribution is -0.191. The van der Waals surface area contributed by atoms with Crippen LogP contribution in [0.25, 0.3) is 11.2 Å². The summed E-state index contributed by atoms with van der Waals surface area (Å²) in [5.74, 6) is -1.60. The average Bonchev–Trinajstić information content (AvgIpc) is 4.03. The number of anilines is 1. The molecule has 6 aromatic rings. The molecule has 5 heterocycles. The third-order valence-corrected chi connectivity index (χ3v) is 12.5. The molecular weight excluding hydrogens is 805 g/mol. The molecule has 314 valence electrons. The number of sulfone groups is 1. The first-order valence-corrected chi connectivity index (χ1v) is 20.8. The molecule has 61 heavy (non-hydrogen) atoms. The first-order chi connectivity index (χ1) is 29.3. The van der Waals surface area contributed by atoms with Gasteiger partial charge in [0.1, 0.15) is 41.7 Å². The number of fused-ring (bicyclic) bond motifs is 3. The van der Waals surface area contributed by atoms with Crippen LogP contribution < -0.4 is 30.0 Å². The number of amides is 1. The molecule has 1 unspecified atom stereocenters. The maximum Gasteiger partial charge on any atom is 0.305 e. The number of hydrogen-bond acceptors (Lipinski definition) is 14. The number of nitrogen functional groups attached to an aromatic ring is 1. The van der Waals surface area contributed by atoms with Gasteiger partial charge in [-0.3, -0.25) is 9.36 Å². The third-order valence-electron chi connectivity index (χ3n) is 10.8. The quantitative estimate of drug-likeness (QED) is 0.152. The minimum absolute atomic E-state index is 0.0232. The SMILES string of the molecule is COc1ccc(C2(c3ccc(OC)cc3)Oc3cc(S(=O)(=O)c4ccc(C)cc4)cc(C(=O)NC/C=C/[C@H]4O[C@@H](n5cnc6c(N)ncnc65)[C@H]5OC(C)(C)OC45)c3O2)cc1. The molecule has 2 saturated heterocycles. The second-order valence-electron chi connectivity index (χ2n) is 15.2. The van der Waals surface area contributed by atoms with Crippen LogP contribution >= 0.6 is 0 Å². The lowest BCUT2D eigenvalue weighted by Gasteiger charge is -2.29. The largest absolute Gasteiger partial charge is 0.497 e. The van der Waals surface area contributed by atoms with Gasteiger partial charge in [0.05, 0.1) is 35.9 Å². The van der Waals surface area contributed by atoms with Gasteiger partial charge < -0.3 is 44.2 Å². The number of ether oxygens (including phenoxy) is 7. The number of imidazole rings is 1. The fourth-order valence-electron chi connectivity index (χ4n) is 7.77. The zero-order valence-corrected chi connectivity index (χ0v) is 34.6. The van der Waals surface area contributed by atoms with E-state index < -0.39 is 51.9 Å². The van der Waals surface area contributed by atoms with Gasteiger partial charge in [-0.15, -0.1) is 0 Å². The number of nitrogens with two attached hydrogens (primary N) is 1. The second-order valence-corrected chi connectivity index (χ2v) is 17.1. The summed E-state index contributed by atoms with van der Waals surface area (Å²) >= 11 is 0. The smallest absolute Gasteiger partial charge is 0.305 e. The first-order valence-electron chi connectivity index (χ1n) is 19.4. The maximum absolute atomic E-state index is 14.3. The van der Waals surface area contributed by atoms with Crippen LogP contribution in [0.4, 0.5) is 5.82 Å². The molecule has 0 spiro atoms. The molecule has 0 saturated carbocycles. The molecule has 2 fully saturated rings. The predicted molar refractivity (Wildman–Crippen MR) is 220 cm³/mol. The Morgan fingerprint density at radius 1 is 0.869 bits per heavy atom. The van der Waals surface area contributed by atoms with E-state index >= 15 is 0 Å². The van der Waals surface area contributed by atoms with Crippen molar-refractivity contribution in [1.82, 2.24) is 24.8 Å². The monoisotopic (exact) mass is 846 g/mol. The van der Waals surface area contributed by atoms with E-state index in [1.54, 1.807) is 97.9 Å². The summed E-state index contributed by atoms with van der Waals surface area (Å²) in [6, 6.07) is 23.3. The average molecular weight is 847 g/mol. The van der Waals surface area contributed by atoms with Crippen LogP contribution in [0.5, 0.6) is 23.0 Å². The maximum atomic E-state index is 14.3. The lowest BCUT2D eigenvalue weighted by atomic mass is 9.97. The van der Waals surface area contributed by atoms with Gasteiger partial charge in [-0.05, 0) is 87.5 Å². The Kier molecular flexibility index (Phi) is 9.93. The second kappa shape index (κ2) is 15.2.